The molecule has 0 saturated carbocycles. The summed E-state index contributed by atoms with van der Waals surface area (Å²) in [6.45, 7) is 12.2. The first-order valence-electron chi connectivity index (χ1n) is 9.22. The minimum atomic E-state index is -0.564. The number of ether oxygens (including phenoxy) is 2. The second-order valence-corrected chi connectivity index (χ2v) is 8.80. The third-order valence-corrected chi connectivity index (χ3v) is 3.99. The average Bonchev–Trinajstić information content (AvgIpc) is 2.44. The Morgan fingerprint density at radius 2 is 1.78 bits per heavy atom. The summed E-state index contributed by atoms with van der Waals surface area (Å²) >= 11 is 0. The van der Waals surface area contributed by atoms with E-state index in [9.17, 15) is 9.59 Å². The summed E-state index contributed by atoms with van der Waals surface area (Å²) < 4.78 is 10.8. The lowest BCUT2D eigenvalue weighted by Crippen LogP contribution is -2.55. The number of nitrogens with one attached hydrogen (secondary N) is 1. The molecule has 1 saturated heterocycles. The first-order valence-corrected chi connectivity index (χ1v) is 9.22. The lowest BCUT2D eigenvalue weighted by atomic mass is 10.0. The first kappa shape index (κ1) is 20.9. The Morgan fingerprint density at radius 1 is 1.15 bits per heavy atom. The highest BCUT2D eigenvalue weighted by molar-refractivity contribution is 5.92. The molecule has 7 nitrogen and oxygen atoms in total. The van der Waals surface area contributed by atoms with Gasteiger partial charge in [0, 0.05) is 13.1 Å². The molecule has 0 unspecified atom stereocenters. The second-order valence-electron chi connectivity index (χ2n) is 8.80. The van der Waals surface area contributed by atoms with Crippen LogP contribution in [0.3, 0.4) is 0 Å². The second kappa shape index (κ2) is 7.66. The van der Waals surface area contributed by atoms with Crippen LogP contribution in [0.4, 0.5) is 16.2 Å². The minimum absolute atomic E-state index is 0.0319. The zero-order chi connectivity index (χ0) is 20.4. The molecule has 0 radical (unpaired) electrons. The molecular formula is C20H31N3O4. The third kappa shape index (κ3) is 6.05. The molecule has 1 atom stereocenters. The Bertz CT molecular complexity index is 704. The molecule has 150 valence electrons. The van der Waals surface area contributed by atoms with Gasteiger partial charge in [-0.2, -0.15) is 0 Å². The number of nitrogens with two attached hydrogens (primary N) is 1. The van der Waals surface area contributed by atoms with Crippen LogP contribution < -0.4 is 11.1 Å². The molecule has 0 spiro atoms. The van der Waals surface area contributed by atoms with E-state index in [1.807, 2.05) is 41.5 Å². The van der Waals surface area contributed by atoms with Gasteiger partial charge in [0.2, 0.25) is 0 Å². The molecule has 27 heavy (non-hydrogen) atoms. The molecule has 0 aromatic heterocycles. The standard InChI is InChI=1S/C20H31N3O4/c1-19(2,3)26-17(24)13-7-8-15(21)16(11-13)22-12-14-9-10-23(14)18(25)27-20(4,5)6/h7-8,11,14,22H,9-10,12,21H2,1-6H3/t14-/m0/s1. The van der Waals surface area contributed by atoms with Crippen molar-refractivity contribution in [1.29, 1.82) is 0 Å². The number of carbonyl (C=O) groups excluding carboxylic acids is 2. The van der Waals surface area contributed by atoms with Crippen molar-refractivity contribution < 1.29 is 19.1 Å². The molecule has 1 aromatic carbocycles. The number of rotatable bonds is 4. The summed E-state index contributed by atoms with van der Waals surface area (Å²) in [5, 5.41) is 3.24. The third-order valence-electron chi connectivity index (χ3n) is 3.99. The molecule has 1 aromatic rings. The van der Waals surface area contributed by atoms with E-state index < -0.39 is 17.2 Å². The molecule has 1 aliphatic heterocycles. The fraction of sp³-hybridized carbons (Fsp3) is 0.600. The summed E-state index contributed by atoms with van der Waals surface area (Å²) in [5.74, 6) is -0.399. The van der Waals surface area contributed by atoms with Crippen molar-refractivity contribution in [3.05, 3.63) is 23.8 Å². The number of carbonyl (C=O) groups is 2. The highest BCUT2D eigenvalue weighted by atomic mass is 16.6. The zero-order valence-corrected chi connectivity index (χ0v) is 17.1. The van der Waals surface area contributed by atoms with E-state index in [-0.39, 0.29) is 12.1 Å². The highest BCUT2D eigenvalue weighted by Gasteiger charge is 2.35. The van der Waals surface area contributed by atoms with Crippen LogP contribution >= 0.6 is 0 Å². The Hall–Kier alpha value is -2.44. The molecule has 7 heteroatoms. The number of likely N-dealkylation sites (tertiary alicyclic amines) is 1. The fourth-order valence-corrected chi connectivity index (χ4v) is 2.62. The van der Waals surface area contributed by atoms with Gasteiger partial charge in [0.05, 0.1) is 23.0 Å². The molecule has 0 bridgehead atoms. The molecule has 1 aliphatic rings. The Kier molecular flexibility index (Phi) is 5.92. The van der Waals surface area contributed by atoms with Crippen molar-refractivity contribution in [2.24, 2.45) is 0 Å². The van der Waals surface area contributed by atoms with Gasteiger partial charge in [0.25, 0.3) is 0 Å². The summed E-state index contributed by atoms with van der Waals surface area (Å²) in [6, 6.07) is 5.03. The normalized spacial score (nSPS) is 17.1. The van der Waals surface area contributed by atoms with Gasteiger partial charge in [-0.15, -0.1) is 0 Å². The summed E-state index contributed by atoms with van der Waals surface area (Å²) in [6.07, 6.45) is 0.578. The summed E-state index contributed by atoms with van der Waals surface area (Å²) in [5.41, 5.74) is 6.55. The number of hydrogen-bond donors (Lipinski definition) is 2. The van der Waals surface area contributed by atoms with Gasteiger partial charge < -0.3 is 25.4 Å². The number of anilines is 2. The predicted octanol–water partition coefficient (Wildman–Crippen LogP) is 3.65. The van der Waals surface area contributed by atoms with E-state index in [2.05, 4.69) is 5.32 Å². The summed E-state index contributed by atoms with van der Waals surface area (Å²) in [4.78, 5) is 26.1. The van der Waals surface area contributed by atoms with Gasteiger partial charge in [-0.25, -0.2) is 9.59 Å². The molecule has 3 N–H and O–H groups in total. The van der Waals surface area contributed by atoms with E-state index >= 15 is 0 Å². The zero-order valence-electron chi connectivity index (χ0n) is 17.1. The van der Waals surface area contributed by atoms with E-state index in [4.69, 9.17) is 15.2 Å². The van der Waals surface area contributed by atoms with Gasteiger partial charge in [0.15, 0.2) is 0 Å². The maximum Gasteiger partial charge on any atom is 0.410 e. The van der Waals surface area contributed by atoms with Gasteiger partial charge in [-0.3, -0.25) is 0 Å². The Labute approximate surface area is 161 Å². The number of esters is 1. The molecule has 1 heterocycles. The van der Waals surface area contributed by atoms with Crippen molar-refractivity contribution in [2.75, 3.05) is 24.1 Å². The minimum Gasteiger partial charge on any atom is -0.456 e. The molecule has 1 fully saturated rings. The molecule has 0 aliphatic carbocycles. The van der Waals surface area contributed by atoms with Crippen molar-refractivity contribution in [3.8, 4) is 0 Å². The number of hydrogen-bond acceptors (Lipinski definition) is 6. The average molecular weight is 377 g/mol. The maximum atomic E-state index is 12.2. The number of nitrogen functional groups attached to an aromatic ring is 1. The van der Waals surface area contributed by atoms with E-state index in [0.29, 0.717) is 30.0 Å². The van der Waals surface area contributed by atoms with E-state index in [0.717, 1.165) is 6.42 Å². The van der Waals surface area contributed by atoms with E-state index in [1.165, 1.54) is 0 Å². The number of nitrogens with zero attached hydrogens (tertiary/aromatic N) is 1. The van der Waals surface area contributed by atoms with Crippen LogP contribution in [0, 0.1) is 0 Å². The fourth-order valence-electron chi connectivity index (χ4n) is 2.62. The van der Waals surface area contributed by atoms with Crippen molar-refractivity contribution >= 4 is 23.4 Å². The maximum absolute atomic E-state index is 12.2. The molecule has 2 rings (SSSR count). The highest BCUT2D eigenvalue weighted by Crippen LogP contribution is 2.25. The van der Waals surface area contributed by atoms with Crippen molar-refractivity contribution in [1.82, 2.24) is 4.90 Å². The van der Waals surface area contributed by atoms with Crippen molar-refractivity contribution in [3.63, 3.8) is 0 Å². The predicted molar refractivity (Wildman–Crippen MR) is 106 cm³/mol. The van der Waals surface area contributed by atoms with Gasteiger partial charge >= 0.3 is 12.1 Å². The Balaban J connectivity index is 1.98. The molecule has 1 amide bonds. The van der Waals surface area contributed by atoms with Crippen LogP contribution in [-0.2, 0) is 9.47 Å². The molecular weight excluding hydrogens is 346 g/mol. The SMILES string of the molecule is CC(C)(C)OC(=O)c1ccc(N)c(NC[C@@H]2CCN2C(=O)OC(C)(C)C)c1. The largest absolute Gasteiger partial charge is 0.456 e. The first-order chi connectivity index (χ1) is 12.4. The number of benzene rings is 1. The van der Waals surface area contributed by atoms with Gasteiger partial charge in [-0.05, 0) is 66.2 Å². The van der Waals surface area contributed by atoms with Crippen LogP contribution in [-0.4, -0.2) is 47.3 Å². The van der Waals surface area contributed by atoms with Crippen LogP contribution in [0.5, 0.6) is 0 Å². The van der Waals surface area contributed by atoms with Crippen LogP contribution in [0.15, 0.2) is 18.2 Å². The smallest absolute Gasteiger partial charge is 0.410 e. The summed E-state index contributed by atoms with van der Waals surface area (Å²) in [7, 11) is 0. The van der Waals surface area contributed by atoms with Crippen LogP contribution in [0.25, 0.3) is 0 Å². The lowest BCUT2D eigenvalue weighted by molar-refractivity contribution is -0.00283. The van der Waals surface area contributed by atoms with Crippen LogP contribution in [0.1, 0.15) is 58.3 Å². The van der Waals surface area contributed by atoms with Crippen molar-refractivity contribution in [2.45, 2.75) is 65.2 Å². The Morgan fingerprint density at radius 3 is 2.30 bits per heavy atom. The topological polar surface area (TPSA) is 93.9 Å². The lowest BCUT2D eigenvalue weighted by Gasteiger charge is -2.41. The van der Waals surface area contributed by atoms with E-state index in [1.54, 1.807) is 23.1 Å². The monoisotopic (exact) mass is 377 g/mol. The van der Waals surface area contributed by atoms with Gasteiger partial charge in [-0.1, -0.05) is 0 Å². The quantitative estimate of drug-likeness (QED) is 0.614. The van der Waals surface area contributed by atoms with Gasteiger partial charge in [0.1, 0.15) is 11.2 Å². The number of amides is 1. The van der Waals surface area contributed by atoms with Crippen LogP contribution in [0.2, 0.25) is 0 Å².